The summed E-state index contributed by atoms with van der Waals surface area (Å²) in [4.78, 5) is 4.64. The number of nitrogens with zero attached hydrogens (tertiary/aromatic N) is 4. The number of nitrogens with two attached hydrogens (primary N) is 1. The van der Waals surface area contributed by atoms with Crippen molar-refractivity contribution >= 4 is 0 Å². The molecule has 5 nitrogen and oxygen atoms in total. The van der Waals surface area contributed by atoms with Gasteiger partial charge in [-0.15, -0.1) is 0 Å². The molecule has 0 spiro atoms. The molecule has 0 aliphatic heterocycles. The first-order valence-electron chi connectivity index (χ1n) is 9.43. The van der Waals surface area contributed by atoms with Gasteiger partial charge in [-0.1, -0.05) is 27.7 Å². The third-order valence-electron chi connectivity index (χ3n) is 4.74. The standard InChI is InChI=1S/C18H43N5/c1-10-14-22(15-11-2)23(16(5)6)18(7,17(19)20(8)9)21(12-3)13-4/h16-17H,10-15,19H2,1-9H3. The van der Waals surface area contributed by atoms with Gasteiger partial charge in [-0.25, -0.2) is 10.0 Å². The van der Waals surface area contributed by atoms with Gasteiger partial charge in [-0.3, -0.25) is 9.80 Å². The maximum atomic E-state index is 6.73. The molecule has 2 N–H and O–H groups in total. The third kappa shape index (κ3) is 5.40. The molecular formula is C18H43N5. The van der Waals surface area contributed by atoms with E-state index in [2.05, 4.69) is 82.4 Å². The first-order valence-corrected chi connectivity index (χ1v) is 9.43. The zero-order valence-corrected chi connectivity index (χ0v) is 17.3. The molecule has 2 unspecified atom stereocenters. The van der Waals surface area contributed by atoms with E-state index in [1.807, 2.05) is 0 Å². The fourth-order valence-electron chi connectivity index (χ4n) is 3.80. The van der Waals surface area contributed by atoms with E-state index in [1.54, 1.807) is 0 Å². The van der Waals surface area contributed by atoms with Crippen molar-refractivity contribution in [2.75, 3.05) is 40.3 Å². The molecule has 0 radical (unpaired) electrons. The van der Waals surface area contributed by atoms with Crippen LogP contribution in [0.4, 0.5) is 0 Å². The average Bonchev–Trinajstić information content (AvgIpc) is 2.47. The molecule has 0 saturated heterocycles. The van der Waals surface area contributed by atoms with Crippen LogP contribution in [0.1, 0.15) is 61.3 Å². The highest BCUT2D eigenvalue weighted by atomic mass is 15.7. The molecule has 0 aromatic heterocycles. The Morgan fingerprint density at radius 1 is 0.913 bits per heavy atom. The van der Waals surface area contributed by atoms with Gasteiger partial charge < -0.3 is 5.73 Å². The second-order valence-corrected chi connectivity index (χ2v) is 7.07. The van der Waals surface area contributed by atoms with E-state index in [0.29, 0.717) is 6.04 Å². The zero-order valence-electron chi connectivity index (χ0n) is 17.3. The zero-order chi connectivity index (χ0) is 18.2. The minimum atomic E-state index is -0.245. The van der Waals surface area contributed by atoms with E-state index >= 15 is 0 Å². The minimum absolute atomic E-state index is 0.0685. The van der Waals surface area contributed by atoms with Crippen LogP contribution in [0.3, 0.4) is 0 Å². The maximum absolute atomic E-state index is 6.73. The lowest BCUT2D eigenvalue weighted by atomic mass is 10.0. The molecule has 0 fully saturated rings. The molecule has 0 heterocycles. The summed E-state index contributed by atoms with van der Waals surface area (Å²) in [5, 5.41) is 5.06. The number of likely N-dealkylation sites (N-methyl/N-ethyl adjacent to an activating group) is 2. The lowest BCUT2D eigenvalue weighted by Gasteiger charge is -2.57. The Hall–Kier alpha value is -0.200. The summed E-state index contributed by atoms with van der Waals surface area (Å²) in [6.45, 7) is 20.0. The Morgan fingerprint density at radius 3 is 1.61 bits per heavy atom. The Bertz CT molecular complexity index is 294. The topological polar surface area (TPSA) is 39.0 Å². The van der Waals surface area contributed by atoms with Crippen molar-refractivity contribution in [3.63, 3.8) is 0 Å². The van der Waals surface area contributed by atoms with E-state index in [4.69, 9.17) is 5.73 Å². The van der Waals surface area contributed by atoms with E-state index < -0.39 is 0 Å². The molecule has 0 amide bonds. The van der Waals surface area contributed by atoms with Gasteiger partial charge in [0, 0.05) is 19.1 Å². The molecule has 23 heavy (non-hydrogen) atoms. The molecule has 0 aromatic rings. The molecular weight excluding hydrogens is 286 g/mol. The van der Waals surface area contributed by atoms with Crippen LogP contribution in [0.2, 0.25) is 0 Å². The summed E-state index contributed by atoms with van der Waals surface area (Å²) in [7, 11) is 4.16. The highest BCUT2D eigenvalue weighted by molar-refractivity contribution is 4.94. The lowest BCUT2D eigenvalue weighted by Crippen LogP contribution is -2.75. The predicted octanol–water partition coefficient (Wildman–Crippen LogP) is 2.64. The minimum Gasteiger partial charge on any atom is -0.313 e. The SMILES string of the molecule is CCCN(CCC)N(C(C)C)C(C)(C(N)N(C)C)N(CC)CC. The Labute approximate surface area is 145 Å². The molecule has 0 rings (SSSR count). The van der Waals surface area contributed by atoms with E-state index in [-0.39, 0.29) is 11.8 Å². The molecule has 0 bridgehead atoms. The normalized spacial score (nSPS) is 16.8. The molecule has 0 saturated carbocycles. The van der Waals surface area contributed by atoms with Crippen LogP contribution in [0.15, 0.2) is 0 Å². The average molecular weight is 330 g/mol. The van der Waals surface area contributed by atoms with Gasteiger partial charge in [0.25, 0.3) is 0 Å². The van der Waals surface area contributed by atoms with Crippen molar-refractivity contribution in [3.8, 4) is 0 Å². The quantitative estimate of drug-likeness (QED) is 0.440. The van der Waals surface area contributed by atoms with Crippen molar-refractivity contribution in [1.29, 1.82) is 0 Å². The molecule has 0 aromatic carbocycles. The summed E-state index contributed by atoms with van der Waals surface area (Å²) in [6.07, 6.45) is 2.23. The van der Waals surface area contributed by atoms with Gasteiger partial charge in [0.15, 0.2) is 0 Å². The van der Waals surface area contributed by atoms with Gasteiger partial charge >= 0.3 is 0 Å². The molecule has 0 aliphatic carbocycles. The maximum Gasteiger partial charge on any atom is 0.113 e. The number of hydrogen-bond donors (Lipinski definition) is 1. The molecule has 2 atom stereocenters. The smallest absolute Gasteiger partial charge is 0.113 e. The Balaban J connectivity index is 6.00. The van der Waals surface area contributed by atoms with Crippen LogP contribution in [0.5, 0.6) is 0 Å². The summed E-state index contributed by atoms with van der Waals surface area (Å²) in [6, 6.07) is 0.393. The van der Waals surface area contributed by atoms with Crippen LogP contribution in [0.25, 0.3) is 0 Å². The Morgan fingerprint density at radius 2 is 1.35 bits per heavy atom. The largest absolute Gasteiger partial charge is 0.313 e. The van der Waals surface area contributed by atoms with Gasteiger partial charge in [0.05, 0.1) is 6.17 Å². The summed E-state index contributed by atoms with van der Waals surface area (Å²) >= 11 is 0. The van der Waals surface area contributed by atoms with Crippen LogP contribution in [0, 0.1) is 0 Å². The van der Waals surface area contributed by atoms with E-state index in [0.717, 1.165) is 39.0 Å². The third-order valence-corrected chi connectivity index (χ3v) is 4.74. The highest BCUT2D eigenvalue weighted by Crippen LogP contribution is 2.29. The summed E-state index contributed by atoms with van der Waals surface area (Å²) < 4.78 is 0. The van der Waals surface area contributed by atoms with Crippen molar-refractivity contribution in [2.24, 2.45) is 5.73 Å². The van der Waals surface area contributed by atoms with Gasteiger partial charge in [-0.05, 0) is 60.8 Å². The van der Waals surface area contributed by atoms with Crippen molar-refractivity contribution in [2.45, 2.75) is 79.2 Å². The fourth-order valence-corrected chi connectivity index (χ4v) is 3.80. The highest BCUT2D eigenvalue weighted by Gasteiger charge is 2.46. The first kappa shape index (κ1) is 22.8. The van der Waals surface area contributed by atoms with Crippen molar-refractivity contribution in [3.05, 3.63) is 0 Å². The monoisotopic (exact) mass is 329 g/mol. The fraction of sp³-hybridized carbons (Fsp3) is 1.00. The predicted molar refractivity (Wildman–Crippen MR) is 102 cm³/mol. The van der Waals surface area contributed by atoms with Crippen LogP contribution in [-0.2, 0) is 0 Å². The number of rotatable bonds is 12. The summed E-state index contributed by atoms with van der Waals surface area (Å²) in [5.74, 6) is 0. The lowest BCUT2D eigenvalue weighted by molar-refractivity contribution is -0.210. The Kier molecular flexibility index (Phi) is 10.5. The summed E-state index contributed by atoms with van der Waals surface area (Å²) in [5.41, 5.74) is 6.49. The van der Waals surface area contributed by atoms with Gasteiger partial charge in [-0.2, -0.15) is 0 Å². The molecule has 5 heteroatoms. The van der Waals surface area contributed by atoms with Crippen LogP contribution < -0.4 is 5.73 Å². The number of hydrazine groups is 1. The molecule has 0 aliphatic rings. The van der Waals surface area contributed by atoms with Crippen LogP contribution >= 0.6 is 0 Å². The first-order chi connectivity index (χ1) is 10.7. The second kappa shape index (κ2) is 10.6. The van der Waals surface area contributed by atoms with Gasteiger partial charge in [0.2, 0.25) is 0 Å². The van der Waals surface area contributed by atoms with Crippen LogP contribution in [-0.4, -0.2) is 78.0 Å². The van der Waals surface area contributed by atoms with Crippen molar-refractivity contribution < 1.29 is 0 Å². The van der Waals surface area contributed by atoms with Crippen molar-refractivity contribution in [1.82, 2.24) is 19.8 Å². The number of hydrogen-bond acceptors (Lipinski definition) is 5. The van der Waals surface area contributed by atoms with Gasteiger partial charge in [0.1, 0.15) is 5.66 Å². The molecule has 140 valence electrons. The van der Waals surface area contributed by atoms with E-state index in [1.165, 1.54) is 0 Å². The second-order valence-electron chi connectivity index (χ2n) is 7.07. The van der Waals surface area contributed by atoms with E-state index in [9.17, 15) is 0 Å².